The number of amides is 1. The largest absolute Gasteiger partial charge is 0.478 e. The Morgan fingerprint density at radius 2 is 2.06 bits per heavy atom. The van der Waals surface area contributed by atoms with Crippen LogP contribution in [0, 0.1) is 14.9 Å². The zero-order valence-corrected chi connectivity index (χ0v) is 11.7. The number of carboxylic acid groups (broad SMARTS) is 1. The van der Waals surface area contributed by atoms with Gasteiger partial charge < -0.3 is 10.4 Å². The topological polar surface area (TPSA) is 66.4 Å². The van der Waals surface area contributed by atoms with Crippen LogP contribution in [0.15, 0.2) is 18.2 Å². The number of hydrogen-bond donors (Lipinski definition) is 2. The third-order valence-electron chi connectivity index (χ3n) is 3.81. The maximum absolute atomic E-state index is 12.0. The SMILES string of the molecule is O=C(O)c1cc(I)cc(NC(=O)C2CC23CC3)c1. The minimum Gasteiger partial charge on any atom is -0.478 e. The Kier molecular flexibility index (Phi) is 2.62. The number of rotatable bonds is 3. The van der Waals surface area contributed by atoms with Crippen molar-refractivity contribution in [2.45, 2.75) is 19.3 Å². The van der Waals surface area contributed by atoms with Gasteiger partial charge in [0.25, 0.3) is 0 Å². The lowest BCUT2D eigenvalue weighted by Crippen LogP contribution is -2.15. The minimum absolute atomic E-state index is 0.0332. The first-order valence-electron chi connectivity index (χ1n) is 5.85. The standard InChI is InChI=1S/C13H12INO3/c14-8-3-7(12(17)18)4-9(5-8)15-11(16)10-6-13(10)1-2-13/h3-5,10H,1-2,6H2,(H,15,16)(H,17,18). The summed E-state index contributed by atoms with van der Waals surface area (Å²) in [6.45, 7) is 0. The van der Waals surface area contributed by atoms with E-state index in [9.17, 15) is 9.59 Å². The number of nitrogens with one attached hydrogen (secondary N) is 1. The molecular formula is C13H12INO3. The highest BCUT2D eigenvalue weighted by atomic mass is 127. The summed E-state index contributed by atoms with van der Waals surface area (Å²) >= 11 is 2.05. The quantitative estimate of drug-likeness (QED) is 0.818. The lowest BCUT2D eigenvalue weighted by molar-refractivity contribution is -0.117. The maximum Gasteiger partial charge on any atom is 0.335 e. The molecule has 0 aliphatic heterocycles. The van der Waals surface area contributed by atoms with Crippen LogP contribution < -0.4 is 5.32 Å². The average molecular weight is 357 g/mol. The van der Waals surface area contributed by atoms with Gasteiger partial charge in [0.1, 0.15) is 0 Å². The Morgan fingerprint density at radius 3 is 2.61 bits per heavy atom. The van der Waals surface area contributed by atoms with Crippen molar-refractivity contribution in [3.8, 4) is 0 Å². The van der Waals surface area contributed by atoms with Crippen molar-refractivity contribution in [1.29, 1.82) is 0 Å². The fourth-order valence-corrected chi connectivity index (χ4v) is 3.12. The van der Waals surface area contributed by atoms with Gasteiger partial charge in [0, 0.05) is 15.2 Å². The number of carboxylic acids is 1. The molecule has 3 rings (SSSR count). The first-order chi connectivity index (χ1) is 8.50. The first-order valence-corrected chi connectivity index (χ1v) is 6.93. The third-order valence-corrected chi connectivity index (χ3v) is 4.43. The van der Waals surface area contributed by atoms with Gasteiger partial charge >= 0.3 is 5.97 Å². The second-order valence-electron chi connectivity index (χ2n) is 5.14. The van der Waals surface area contributed by atoms with Gasteiger partial charge in [-0.1, -0.05) is 0 Å². The van der Waals surface area contributed by atoms with Gasteiger partial charge in [-0.15, -0.1) is 0 Å². The number of aromatic carboxylic acids is 1. The summed E-state index contributed by atoms with van der Waals surface area (Å²) in [5, 5.41) is 11.8. The normalized spacial score (nSPS) is 22.6. The molecule has 2 aliphatic rings. The molecule has 0 saturated heterocycles. The zero-order chi connectivity index (χ0) is 12.9. The predicted molar refractivity (Wildman–Crippen MR) is 74.5 cm³/mol. The van der Waals surface area contributed by atoms with Crippen LogP contribution in [0.2, 0.25) is 0 Å². The molecule has 1 spiro atoms. The summed E-state index contributed by atoms with van der Waals surface area (Å²) in [5.41, 5.74) is 1.10. The Bertz CT molecular complexity index is 551. The van der Waals surface area contributed by atoms with Crippen LogP contribution in [0.1, 0.15) is 29.6 Å². The van der Waals surface area contributed by atoms with Crippen molar-refractivity contribution in [1.82, 2.24) is 0 Å². The summed E-state index contributed by atoms with van der Waals surface area (Å²) in [4.78, 5) is 22.9. The summed E-state index contributed by atoms with van der Waals surface area (Å²) in [6, 6.07) is 4.87. The number of benzene rings is 1. The van der Waals surface area contributed by atoms with E-state index in [0.717, 1.165) is 22.8 Å². The van der Waals surface area contributed by atoms with Gasteiger partial charge in [-0.05, 0) is 65.5 Å². The molecule has 0 heterocycles. The van der Waals surface area contributed by atoms with Gasteiger partial charge in [0.05, 0.1) is 5.56 Å². The molecule has 1 unspecified atom stereocenters. The van der Waals surface area contributed by atoms with Gasteiger partial charge in [-0.25, -0.2) is 4.79 Å². The van der Waals surface area contributed by atoms with Crippen molar-refractivity contribution in [3.05, 3.63) is 27.3 Å². The van der Waals surface area contributed by atoms with Crippen molar-refractivity contribution in [2.75, 3.05) is 5.32 Å². The molecular weight excluding hydrogens is 345 g/mol. The Hall–Kier alpha value is -1.11. The van der Waals surface area contributed by atoms with Crippen LogP contribution in [0.3, 0.4) is 0 Å². The molecule has 1 amide bonds. The molecule has 1 atom stereocenters. The first kappa shape index (κ1) is 12.0. The fraction of sp³-hybridized carbons (Fsp3) is 0.385. The van der Waals surface area contributed by atoms with E-state index in [1.54, 1.807) is 12.1 Å². The molecule has 0 aromatic heterocycles. The molecule has 94 valence electrons. The van der Waals surface area contributed by atoms with Gasteiger partial charge in [-0.2, -0.15) is 0 Å². The van der Waals surface area contributed by atoms with E-state index in [4.69, 9.17) is 5.11 Å². The third kappa shape index (κ3) is 2.11. The summed E-state index contributed by atoms with van der Waals surface area (Å²) < 4.78 is 0.805. The smallest absolute Gasteiger partial charge is 0.335 e. The van der Waals surface area contributed by atoms with Gasteiger partial charge in [0.2, 0.25) is 5.91 Å². The Balaban J connectivity index is 1.75. The van der Waals surface area contributed by atoms with Crippen molar-refractivity contribution >= 4 is 40.2 Å². The number of hydrogen-bond acceptors (Lipinski definition) is 2. The molecule has 1 aromatic rings. The lowest BCUT2D eigenvalue weighted by atomic mass is 10.2. The zero-order valence-electron chi connectivity index (χ0n) is 9.57. The minimum atomic E-state index is -0.978. The van der Waals surface area contributed by atoms with E-state index in [-0.39, 0.29) is 17.4 Å². The highest BCUT2D eigenvalue weighted by Gasteiger charge is 2.65. The Morgan fingerprint density at radius 1 is 1.33 bits per heavy atom. The molecule has 2 fully saturated rings. The molecule has 18 heavy (non-hydrogen) atoms. The number of anilines is 1. The van der Waals surface area contributed by atoms with Crippen LogP contribution in [0.5, 0.6) is 0 Å². The summed E-state index contributed by atoms with van der Waals surface area (Å²) in [7, 11) is 0. The van der Waals surface area contributed by atoms with Crippen molar-refractivity contribution in [2.24, 2.45) is 11.3 Å². The second-order valence-corrected chi connectivity index (χ2v) is 6.39. The van der Waals surface area contributed by atoms with Crippen molar-refractivity contribution < 1.29 is 14.7 Å². The van der Waals surface area contributed by atoms with Crippen LogP contribution in [-0.4, -0.2) is 17.0 Å². The summed E-state index contributed by atoms with van der Waals surface area (Å²) in [6.07, 6.45) is 3.32. The monoisotopic (exact) mass is 357 g/mol. The fourth-order valence-electron chi connectivity index (χ4n) is 2.45. The highest BCUT2D eigenvalue weighted by Crippen LogP contribution is 2.70. The molecule has 2 saturated carbocycles. The van der Waals surface area contributed by atoms with Crippen LogP contribution in [0.25, 0.3) is 0 Å². The van der Waals surface area contributed by atoms with E-state index in [0.29, 0.717) is 11.1 Å². The lowest BCUT2D eigenvalue weighted by Gasteiger charge is -2.06. The Labute approximate surface area is 118 Å². The van der Waals surface area contributed by atoms with E-state index in [2.05, 4.69) is 5.32 Å². The molecule has 2 N–H and O–H groups in total. The maximum atomic E-state index is 12.0. The van der Waals surface area contributed by atoms with Crippen molar-refractivity contribution in [3.63, 3.8) is 0 Å². The van der Waals surface area contributed by atoms with E-state index in [1.165, 1.54) is 6.07 Å². The molecule has 2 aliphatic carbocycles. The van der Waals surface area contributed by atoms with Gasteiger partial charge in [0.15, 0.2) is 0 Å². The van der Waals surface area contributed by atoms with Gasteiger partial charge in [-0.3, -0.25) is 4.79 Å². The molecule has 5 heteroatoms. The van der Waals surface area contributed by atoms with E-state index in [1.807, 2.05) is 22.6 Å². The van der Waals surface area contributed by atoms with E-state index >= 15 is 0 Å². The van der Waals surface area contributed by atoms with Crippen LogP contribution in [0.4, 0.5) is 5.69 Å². The summed E-state index contributed by atoms with van der Waals surface area (Å²) in [5.74, 6) is -0.802. The predicted octanol–water partition coefficient (Wildman–Crippen LogP) is 2.73. The van der Waals surface area contributed by atoms with Crippen LogP contribution >= 0.6 is 22.6 Å². The second kappa shape index (κ2) is 3.94. The van der Waals surface area contributed by atoms with E-state index < -0.39 is 5.97 Å². The number of carbonyl (C=O) groups excluding carboxylic acids is 1. The molecule has 0 bridgehead atoms. The number of halogens is 1. The molecule has 4 nitrogen and oxygen atoms in total. The highest BCUT2D eigenvalue weighted by molar-refractivity contribution is 14.1. The molecule has 1 aromatic carbocycles. The number of carbonyl (C=O) groups is 2. The average Bonchev–Trinajstić information content (AvgIpc) is 3.19. The van der Waals surface area contributed by atoms with Crippen LogP contribution in [-0.2, 0) is 4.79 Å². The molecule has 0 radical (unpaired) electrons.